The van der Waals surface area contributed by atoms with E-state index in [-0.39, 0.29) is 119 Å². The smallest absolute Gasteiger partial charge is 0.229 e. The molecule has 0 N–H and O–H groups in total. The van der Waals surface area contributed by atoms with Gasteiger partial charge in [0.05, 0.1) is 54.0 Å². The third kappa shape index (κ3) is 16.1. The van der Waals surface area contributed by atoms with Gasteiger partial charge in [0.25, 0.3) is 0 Å². The average Bonchev–Trinajstić information content (AvgIpc) is 1.71. The van der Waals surface area contributed by atoms with Gasteiger partial charge in [0.2, 0.25) is 45.5 Å². The minimum atomic E-state index is -2.97. The van der Waals surface area contributed by atoms with Crippen LogP contribution in [0, 0.1) is 114 Å². The maximum Gasteiger partial charge on any atom is 0.229 e. The average molecular weight is 1650 g/mol. The highest BCUT2D eigenvalue weighted by Crippen LogP contribution is 2.48. The van der Waals surface area contributed by atoms with Gasteiger partial charge < -0.3 is 17.7 Å². The Balaban J connectivity index is 0.000000173. The maximum absolute atomic E-state index is 9.23. The minimum Gasteiger partial charge on any atom is -0.466 e. The summed E-state index contributed by atoms with van der Waals surface area (Å²) >= 11 is 0. The molecule has 0 saturated carbocycles. The first-order valence-electron chi connectivity index (χ1n) is 56.8. The fraction of sp³-hybridized carbons (Fsp3) is 0.345. The highest BCUT2D eigenvalue weighted by atomic mass is 16.3. The van der Waals surface area contributed by atoms with Crippen molar-refractivity contribution in [2.24, 2.45) is 40.0 Å². The van der Waals surface area contributed by atoms with E-state index in [4.69, 9.17) is 89.2 Å². The van der Waals surface area contributed by atoms with Gasteiger partial charge in [-0.3, -0.25) is 0 Å². The molecule has 0 aliphatic rings. The second kappa shape index (κ2) is 34.6. The van der Waals surface area contributed by atoms with Gasteiger partial charge in [-0.05, 0) is 195 Å². The molecule has 16 aromatic rings. The van der Waals surface area contributed by atoms with E-state index in [1.807, 2.05) is 95.6 Å². The molecule has 0 aliphatic carbocycles. The fourth-order valence-corrected chi connectivity index (χ4v) is 15.7. The highest BCUT2D eigenvalue weighted by Gasteiger charge is 2.31. The van der Waals surface area contributed by atoms with Crippen molar-refractivity contribution >= 4 is 111 Å². The third-order valence-corrected chi connectivity index (χ3v) is 22.7. The van der Waals surface area contributed by atoms with Crippen LogP contribution in [-0.2, 0) is 40.9 Å². The number of furan rings is 4. The molecule has 0 bridgehead atoms. The summed E-state index contributed by atoms with van der Waals surface area (Å²) in [5.74, 6) is -11.0. The van der Waals surface area contributed by atoms with Crippen LogP contribution >= 0.6 is 0 Å². The van der Waals surface area contributed by atoms with Crippen LogP contribution in [0.3, 0.4) is 0 Å². The molecule has 8 aromatic carbocycles. The molecular formula is C110H120N8O4+4. The predicted octanol–water partition coefficient (Wildman–Crippen LogP) is 29.9. The standard InChI is InChI=1S/3C28H31N2O.C26H27N2O/c1-15(2)20-12-23-21-11-10-17(5)26(28(21)31-27(23)24(13-20)29-8)25-14-22(16(3)4)18(6)19(7)30(25)9;2*1-16(2)11-20-12-19(6)30(8)25(13-20)26-18(5)9-10-22-23-14-21(17(3)4)15-24(29-7)27(23)31-28(22)26;1-14(2)19-12-21-20-10-9-15(3)24(26(20)29-25(21)22(13-19)27-7)23-11-16(4)17(5)18(6)28(23)8/h10-16H,1-7,9H3;2*9-10,12-17H,11H2,1-6,8H3;9-14H,1-6,8H3/q4*+1/i1D3,3D3,6D3,14D,15D,16D;3D3,11D2,12D,13D,17D;3D3,11D2,17D;1D3,5D3,11D,14D. The van der Waals surface area contributed by atoms with Crippen molar-refractivity contribution in [3.63, 3.8) is 0 Å². The van der Waals surface area contributed by atoms with Crippen LogP contribution in [0.25, 0.3) is 152 Å². The van der Waals surface area contributed by atoms with Gasteiger partial charge in [-0.25, -0.2) is 19.4 Å². The monoisotopic (exact) mass is 1650 g/mol. The number of fused-ring (bicyclic) bond motifs is 12. The Morgan fingerprint density at radius 3 is 0.992 bits per heavy atom. The Kier molecular flexibility index (Phi) is 15.1. The Morgan fingerprint density at radius 1 is 0.336 bits per heavy atom. The molecule has 0 aliphatic heterocycles. The number of aryl methyl sites for hydroxylation is 5. The summed E-state index contributed by atoms with van der Waals surface area (Å²) in [5.41, 5.74) is 12.7. The van der Waals surface area contributed by atoms with Gasteiger partial charge >= 0.3 is 0 Å². The number of rotatable bonds is 13. The second-order valence-corrected chi connectivity index (χ2v) is 32.0. The SMILES string of the molecule is [2H]C([2H])(c1cc(C)[n+](C)c(-c2c(C)ccc3c2oc2c([N+]#[C-])cc(C([2H])(C)C([2H])([2H])[2H])cc23)c1)C(C)C.[2H]c1c(C([2H])(C)C([2H])([2H])[2H])c(C([2H])([2H])[2H])c(C)[n+](C)c1-c1c(C)ccc2c1oc1c([N+]#[C-])cc(C([2H])(C)C([2H])([2H])[2H])cc12.[2H]c1c(C([2H])([2H])C(C)C)c([2H])c(-c2c(C)ccc3c2oc2c([N+]#[C-])cc(C([2H])(C)C([2H])([2H])[2H])cc23)[n+](C)c1C.[2H]c1c(C)c(C([2H])([2H])[2H])c(C)[n+](C)c1-c1c(C)ccc2c1oc1c([N+]#[C-])cc(C([2H])(C)C([2H])([2H])[2H])cc12. The molecule has 12 heteroatoms. The Hall–Kier alpha value is -12.5. The number of pyridine rings is 4. The van der Waals surface area contributed by atoms with Crippen molar-refractivity contribution in [3.8, 4) is 45.0 Å². The largest absolute Gasteiger partial charge is 0.466 e. The van der Waals surface area contributed by atoms with Gasteiger partial charge in [-0.2, -0.15) is 18.3 Å². The summed E-state index contributed by atoms with van der Waals surface area (Å²) in [6.07, 6.45) is -3.47. The lowest BCUT2D eigenvalue weighted by Gasteiger charge is -2.14. The molecule has 0 fully saturated rings. The molecule has 0 radical (unpaired) electrons. The first kappa shape index (κ1) is 53.3. The normalized spacial score (nSPS) is 19.1. The molecule has 0 amide bonds. The van der Waals surface area contributed by atoms with Crippen LogP contribution < -0.4 is 18.3 Å². The van der Waals surface area contributed by atoms with Crippen LogP contribution in [0.2, 0.25) is 0 Å². The van der Waals surface area contributed by atoms with E-state index in [9.17, 15) is 1.37 Å². The predicted molar refractivity (Wildman–Crippen MR) is 506 cm³/mol. The van der Waals surface area contributed by atoms with E-state index in [0.717, 1.165) is 40.6 Å². The van der Waals surface area contributed by atoms with Gasteiger partial charge in [-0.15, -0.1) is 0 Å². The lowest BCUT2D eigenvalue weighted by molar-refractivity contribution is -0.667. The van der Waals surface area contributed by atoms with E-state index < -0.39 is 108 Å². The van der Waals surface area contributed by atoms with E-state index in [1.165, 1.54) is 69.5 Å². The van der Waals surface area contributed by atoms with Gasteiger partial charge in [0.1, 0.15) is 72.9 Å². The third-order valence-electron chi connectivity index (χ3n) is 22.7. The lowest BCUT2D eigenvalue weighted by atomic mass is 9.92. The van der Waals surface area contributed by atoms with Crippen molar-refractivity contribution in [3.05, 3.63) is 280 Å². The highest BCUT2D eigenvalue weighted by molar-refractivity contribution is 6.17. The summed E-state index contributed by atoms with van der Waals surface area (Å²) in [7, 11) is 6.90. The van der Waals surface area contributed by atoms with Crippen molar-refractivity contribution < 1.29 is 82.5 Å². The summed E-state index contributed by atoms with van der Waals surface area (Å²) in [6, 6.07) is 29.6. The number of aromatic nitrogens is 4. The Labute approximate surface area is 770 Å². The van der Waals surface area contributed by atoms with Crippen molar-refractivity contribution in [2.45, 2.75) is 215 Å². The summed E-state index contributed by atoms with van der Waals surface area (Å²) in [5, 5.41) is 4.29. The van der Waals surface area contributed by atoms with Gasteiger partial charge in [0.15, 0.2) is 22.8 Å². The molecule has 5 atom stereocenters. The van der Waals surface area contributed by atoms with E-state index in [2.05, 4.69) is 19.4 Å². The fourth-order valence-electron chi connectivity index (χ4n) is 15.7. The topological polar surface area (TPSA) is 85.5 Å². The zero-order chi connectivity index (χ0) is 118. The Morgan fingerprint density at radius 2 is 0.656 bits per heavy atom. The summed E-state index contributed by atoms with van der Waals surface area (Å²) in [4.78, 5) is 14.3. The van der Waals surface area contributed by atoms with Crippen LogP contribution in [0.5, 0.6) is 0 Å². The number of hydrogen-bond acceptors (Lipinski definition) is 4. The van der Waals surface area contributed by atoms with Crippen LogP contribution in [0.15, 0.2) is 151 Å². The molecule has 5 unspecified atom stereocenters. The van der Waals surface area contributed by atoms with Crippen molar-refractivity contribution in [1.29, 1.82) is 0 Å². The van der Waals surface area contributed by atoms with Crippen LogP contribution in [-0.4, -0.2) is 0 Å². The molecule has 122 heavy (non-hydrogen) atoms. The molecule has 16 rings (SSSR count). The molecule has 0 saturated heterocycles. The maximum atomic E-state index is 9.23. The van der Waals surface area contributed by atoms with Gasteiger partial charge in [0, 0.05) is 159 Å². The summed E-state index contributed by atoms with van der Waals surface area (Å²) in [6.45, 7) is 41.5. The van der Waals surface area contributed by atoms with Gasteiger partial charge in [-0.1, -0.05) is 167 Å². The quantitative estimate of drug-likeness (QED) is 0.0850. The second-order valence-electron chi connectivity index (χ2n) is 32.0. The van der Waals surface area contributed by atoms with Crippen molar-refractivity contribution in [1.82, 2.24) is 0 Å². The Bertz CT molecular complexity index is 8730. The molecule has 12 nitrogen and oxygen atoms in total. The van der Waals surface area contributed by atoms with E-state index in [0.29, 0.717) is 122 Å². The number of benzene rings is 8. The van der Waals surface area contributed by atoms with Crippen LogP contribution in [0.1, 0.15) is 273 Å². The van der Waals surface area contributed by atoms with E-state index in [1.54, 1.807) is 108 Å². The lowest BCUT2D eigenvalue weighted by Crippen LogP contribution is -2.36. The molecule has 0 spiro atoms. The molecule has 8 aromatic heterocycles. The number of nitrogens with zero attached hydrogens (tertiary/aromatic N) is 8. The molecule has 8 heterocycles. The van der Waals surface area contributed by atoms with Crippen LogP contribution in [0.4, 0.5) is 22.7 Å². The molecular weight excluding hydrogens is 1500 g/mol. The first-order valence-corrected chi connectivity index (χ1v) is 39.8. The zero-order valence-electron chi connectivity index (χ0n) is 107. The molecule has 620 valence electrons. The van der Waals surface area contributed by atoms with Crippen molar-refractivity contribution in [2.75, 3.05) is 0 Å². The minimum absolute atomic E-state index is 0.00222. The summed E-state index contributed by atoms with van der Waals surface area (Å²) < 4.78 is 313. The first-order chi connectivity index (χ1) is 71.2. The zero-order valence-corrected chi connectivity index (χ0v) is 72.8. The van der Waals surface area contributed by atoms with E-state index >= 15 is 0 Å². The number of hydrogen-bond donors (Lipinski definition) is 0.